The summed E-state index contributed by atoms with van der Waals surface area (Å²) in [6.07, 6.45) is 6.55. The summed E-state index contributed by atoms with van der Waals surface area (Å²) in [6.45, 7) is 6.63. The Morgan fingerprint density at radius 1 is 1.45 bits per heavy atom. The summed E-state index contributed by atoms with van der Waals surface area (Å²) in [4.78, 5) is 26.4. The number of thioether (sulfide) groups is 1. The van der Waals surface area contributed by atoms with Gasteiger partial charge in [-0.1, -0.05) is 26.7 Å². The fourth-order valence-electron chi connectivity index (χ4n) is 2.42. The second-order valence-electron chi connectivity index (χ2n) is 5.40. The van der Waals surface area contributed by atoms with E-state index < -0.39 is 0 Å². The summed E-state index contributed by atoms with van der Waals surface area (Å²) in [7, 11) is 0. The Labute approximate surface area is 126 Å². The van der Waals surface area contributed by atoms with Gasteiger partial charge >= 0.3 is 0 Å². The minimum atomic E-state index is -0.372. The molecule has 1 aliphatic heterocycles. The van der Waals surface area contributed by atoms with Crippen molar-refractivity contribution >= 4 is 23.6 Å². The second-order valence-corrected chi connectivity index (χ2v) is 6.51. The zero-order chi connectivity index (χ0) is 15.1. The van der Waals surface area contributed by atoms with Crippen LogP contribution in [-0.4, -0.2) is 46.8 Å². The lowest BCUT2D eigenvalue weighted by atomic mass is 9.98. The molecule has 5 heteroatoms. The van der Waals surface area contributed by atoms with Gasteiger partial charge in [-0.3, -0.25) is 9.59 Å². The van der Waals surface area contributed by atoms with Crippen LogP contribution < -0.4 is 5.32 Å². The normalized spacial score (nSPS) is 22.9. The highest BCUT2D eigenvalue weighted by molar-refractivity contribution is 7.99. The maximum atomic E-state index is 12.5. The van der Waals surface area contributed by atoms with Crippen LogP contribution >= 0.6 is 11.8 Å². The Bertz CT molecular complexity index is 390. The number of nitrogens with one attached hydrogen (secondary N) is 1. The Balaban J connectivity index is 2.70. The van der Waals surface area contributed by atoms with Crippen LogP contribution in [0.1, 0.15) is 33.6 Å². The van der Waals surface area contributed by atoms with E-state index in [1.165, 1.54) is 0 Å². The summed E-state index contributed by atoms with van der Waals surface area (Å²) in [5.74, 6) is 4.37. The van der Waals surface area contributed by atoms with E-state index in [0.717, 1.165) is 5.75 Å². The SMILES string of the molecule is C#CCSCCN1C(=O)C(CC(C)C)NC(=O)C1CC. The average molecular weight is 296 g/mol. The number of hydrogen-bond donors (Lipinski definition) is 1. The molecule has 20 heavy (non-hydrogen) atoms. The molecule has 0 radical (unpaired) electrons. The van der Waals surface area contributed by atoms with E-state index in [4.69, 9.17) is 6.42 Å². The van der Waals surface area contributed by atoms with Crippen molar-refractivity contribution in [2.75, 3.05) is 18.1 Å². The van der Waals surface area contributed by atoms with Gasteiger partial charge in [0.2, 0.25) is 11.8 Å². The molecular formula is C15H24N2O2S. The van der Waals surface area contributed by atoms with Crippen LogP contribution in [0.3, 0.4) is 0 Å². The first-order chi connectivity index (χ1) is 9.51. The molecule has 112 valence electrons. The van der Waals surface area contributed by atoms with Crippen molar-refractivity contribution in [2.45, 2.75) is 45.7 Å². The molecule has 1 saturated heterocycles. The van der Waals surface area contributed by atoms with Gasteiger partial charge in [-0.05, 0) is 18.8 Å². The molecular weight excluding hydrogens is 272 g/mol. The molecule has 1 rings (SSSR count). The van der Waals surface area contributed by atoms with Gasteiger partial charge in [0.05, 0.1) is 5.75 Å². The number of amides is 2. The first-order valence-corrected chi connectivity index (χ1v) is 8.28. The van der Waals surface area contributed by atoms with Gasteiger partial charge < -0.3 is 10.2 Å². The van der Waals surface area contributed by atoms with Crippen molar-refractivity contribution in [1.82, 2.24) is 10.2 Å². The highest BCUT2D eigenvalue weighted by Crippen LogP contribution is 2.18. The van der Waals surface area contributed by atoms with Gasteiger partial charge in [0, 0.05) is 12.3 Å². The van der Waals surface area contributed by atoms with Crippen molar-refractivity contribution < 1.29 is 9.59 Å². The first-order valence-electron chi connectivity index (χ1n) is 7.13. The molecule has 4 nitrogen and oxygen atoms in total. The van der Waals surface area contributed by atoms with Crippen LogP contribution in [-0.2, 0) is 9.59 Å². The Morgan fingerprint density at radius 2 is 2.15 bits per heavy atom. The summed E-state index contributed by atoms with van der Waals surface area (Å²) in [5.41, 5.74) is 0. The minimum absolute atomic E-state index is 0.0281. The molecule has 0 bridgehead atoms. The Kier molecular flexibility index (Phi) is 6.94. The van der Waals surface area contributed by atoms with Crippen molar-refractivity contribution in [3.05, 3.63) is 0 Å². The van der Waals surface area contributed by atoms with Gasteiger partial charge in [0.15, 0.2) is 0 Å². The van der Waals surface area contributed by atoms with E-state index in [-0.39, 0.29) is 23.9 Å². The topological polar surface area (TPSA) is 49.4 Å². The summed E-state index contributed by atoms with van der Waals surface area (Å²) in [5, 5.41) is 2.86. The molecule has 1 fully saturated rings. The third-order valence-corrected chi connectivity index (χ3v) is 4.17. The number of carbonyl (C=O) groups is 2. The fourth-order valence-corrected chi connectivity index (χ4v) is 3.01. The minimum Gasteiger partial charge on any atom is -0.342 e. The van der Waals surface area contributed by atoms with Crippen molar-refractivity contribution in [2.24, 2.45) is 5.92 Å². The van der Waals surface area contributed by atoms with E-state index in [1.54, 1.807) is 16.7 Å². The van der Waals surface area contributed by atoms with E-state index in [0.29, 0.717) is 31.1 Å². The Hall–Kier alpha value is -1.15. The van der Waals surface area contributed by atoms with Crippen LogP contribution in [0, 0.1) is 18.3 Å². The van der Waals surface area contributed by atoms with E-state index >= 15 is 0 Å². The summed E-state index contributed by atoms with van der Waals surface area (Å²) in [6, 6.07) is -0.708. The smallest absolute Gasteiger partial charge is 0.245 e. The van der Waals surface area contributed by atoms with Gasteiger partial charge in [-0.2, -0.15) is 0 Å². The Morgan fingerprint density at radius 3 is 2.70 bits per heavy atom. The highest BCUT2D eigenvalue weighted by Gasteiger charge is 2.39. The van der Waals surface area contributed by atoms with Crippen LogP contribution in [0.2, 0.25) is 0 Å². The molecule has 1 heterocycles. The zero-order valence-corrected chi connectivity index (χ0v) is 13.3. The standard InChI is InChI=1S/C15H24N2O2S/c1-5-8-20-9-7-17-13(6-2)14(18)16-12(15(17)19)10-11(3)4/h1,11-13H,6-10H2,2-4H3,(H,16,18). The highest BCUT2D eigenvalue weighted by atomic mass is 32.2. The van der Waals surface area contributed by atoms with Crippen LogP contribution in [0.4, 0.5) is 0 Å². The number of carbonyl (C=O) groups excluding carboxylic acids is 2. The largest absolute Gasteiger partial charge is 0.342 e. The molecule has 0 aromatic heterocycles. The predicted molar refractivity (Wildman–Crippen MR) is 83.3 cm³/mol. The fraction of sp³-hybridized carbons (Fsp3) is 0.733. The third-order valence-electron chi connectivity index (χ3n) is 3.33. The molecule has 0 saturated carbocycles. The van der Waals surface area contributed by atoms with Gasteiger partial charge in [0.25, 0.3) is 0 Å². The lowest BCUT2D eigenvalue weighted by Gasteiger charge is -2.39. The quantitative estimate of drug-likeness (QED) is 0.572. The van der Waals surface area contributed by atoms with Crippen molar-refractivity contribution in [3.63, 3.8) is 0 Å². The van der Waals surface area contributed by atoms with E-state index in [2.05, 4.69) is 25.1 Å². The molecule has 1 aliphatic rings. The number of piperazine rings is 1. The molecule has 0 aromatic rings. The van der Waals surface area contributed by atoms with Gasteiger partial charge in [0.1, 0.15) is 12.1 Å². The molecule has 0 spiro atoms. The van der Waals surface area contributed by atoms with Crippen molar-refractivity contribution in [3.8, 4) is 12.3 Å². The monoisotopic (exact) mass is 296 g/mol. The number of terminal acetylenes is 1. The van der Waals surface area contributed by atoms with Crippen LogP contribution in [0.25, 0.3) is 0 Å². The molecule has 2 amide bonds. The van der Waals surface area contributed by atoms with Gasteiger partial charge in [-0.15, -0.1) is 18.2 Å². The summed E-state index contributed by atoms with van der Waals surface area (Å²) >= 11 is 1.62. The zero-order valence-electron chi connectivity index (χ0n) is 12.5. The van der Waals surface area contributed by atoms with E-state index in [9.17, 15) is 9.59 Å². The summed E-state index contributed by atoms with van der Waals surface area (Å²) < 4.78 is 0. The molecule has 0 aliphatic carbocycles. The third kappa shape index (κ3) is 4.45. The van der Waals surface area contributed by atoms with Crippen LogP contribution in [0.5, 0.6) is 0 Å². The molecule has 2 unspecified atom stereocenters. The molecule has 2 atom stereocenters. The lowest BCUT2D eigenvalue weighted by Crippen LogP contribution is -2.63. The van der Waals surface area contributed by atoms with Crippen molar-refractivity contribution in [1.29, 1.82) is 0 Å². The maximum absolute atomic E-state index is 12.5. The van der Waals surface area contributed by atoms with Gasteiger partial charge in [-0.25, -0.2) is 0 Å². The second kappa shape index (κ2) is 8.21. The van der Waals surface area contributed by atoms with Crippen LogP contribution in [0.15, 0.2) is 0 Å². The molecule has 0 aromatic carbocycles. The molecule has 1 N–H and O–H groups in total. The predicted octanol–water partition coefficient (Wildman–Crippen LogP) is 1.50. The number of nitrogens with zero attached hydrogens (tertiary/aromatic N) is 1. The lowest BCUT2D eigenvalue weighted by molar-refractivity contribution is -0.149. The van der Waals surface area contributed by atoms with E-state index in [1.807, 2.05) is 6.92 Å². The average Bonchev–Trinajstić information content (AvgIpc) is 2.39. The maximum Gasteiger partial charge on any atom is 0.245 e. The number of rotatable bonds is 7. The first kappa shape index (κ1) is 16.9. The number of hydrogen-bond acceptors (Lipinski definition) is 3.